The van der Waals surface area contributed by atoms with Crippen LogP contribution in [-0.4, -0.2) is 55.4 Å². The van der Waals surface area contributed by atoms with Gasteiger partial charge < -0.3 is 20.1 Å². The van der Waals surface area contributed by atoms with Gasteiger partial charge in [-0.1, -0.05) is 61.1 Å². The fourth-order valence-electron chi connectivity index (χ4n) is 1.54. The van der Waals surface area contributed by atoms with Crippen LogP contribution in [0, 0.1) is 23.7 Å². The Bertz CT molecular complexity index is 500. The lowest BCUT2D eigenvalue weighted by atomic mass is 10.1. The summed E-state index contributed by atoms with van der Waals surface area (Å²) in [5.74, 6) is 6.57. The highest BCUT2D eigenvalue weighted by molar-refractivity contribution is 8.77. The molecule has 0 heterocycles. The van der Waals surface area contributed by atoms with Crippen molar-refractivity contribution in [3.8, 4) is 11.8 Å². The van der Waals surface area contributed by atoms with Crippen LogP contribution >= 0.6 is 21.6 Å². The molecule has 0 aliphatic carbocycles. The summed E-state index contributed by atoms with van der Waals surface area (Å²) >= 11 is 0. The first kappa shape index (κ1) is 26.1. The molecule has 0 aromatic carbocycles. The third kappa shape index (κ3) is 17.0. The van der Waals surface area contributed by atoms with Crippen LogP contribution < -0.4 is 10.6 Å². The molecule has 0 bridgehead atoms. The number of nitrogens with one attached hydrogen (secondary N) is 2. The molecule has 27 heavy (non-hydrogen) atoms. The maximum Gasteiger partial charge on any atom is 0.246 e. The minimum absolute atomic E-state index is 0.00293. The van der Waals surface area contributed by atoms with Gasteiger partial charge in [0.1, 0.15) is 12.5 Å². The lowest BCUT2D eigenvalue weighted by Crippen LogP contribution is -2.37. The second kappa shape index (κ2) is 15.1. The van der Waals surface area contributed by atoms with Gasteiger partial charge in [0.05, 0.1) is 19.8 Å². The maximum atomic E-state index is 11.6. The van der Waals surface area contributed by atoms with Crippen LogP contribution in [0.15, 0.2) is 0 Å². The van der Waals surface area contributed by atoms with Crippen molar-refractivity contribution >= 4 is 33.4 Å². The van der Waals surface area contributed by atoms with Gasteiger partial charge in [0.15, 0.2) is 0 Å². The third-order valence-corrected chi connectivity index (χ3v) is 5.97. The quantitative estimate of drug-likeness (QED) is 0.207. The Morgan fingerprint density at radius 3 is 2.37 bits per heavy atom. The molecule has 0 aliphatic rings. The van der Waals surface area contributed by atoms with Crippen molar-refractivity contribution in [2.75, 3.05) is 38.8 Å². The summed E-state index contributed by atoms with van der Waals surface area (Å²) in [5.41, 5.74) is 0. The average Bonchev–Trinajstić information content (AvgIpc) is 2.58. The molecule has 0 aromatic rings. The molecule has 0 aliphatic heterocycles. The van der Waals surface area contributed by atoms with Gasteiger partial charge in [-0.15, -0.1) is 0 Å². The fraction of sp³-hybridized carbons (Fsp3) is 0.789. The van der Waals surface area contributed by atoms with E-state index in [0.717, 1.165) is 0 Å². The zero-order valence-corrected chi connectivity index (χ0v) is 19.0. The first-order valence-corrected chi connectivity index (χ1v) is 11.4. The van der Waals surface area contributed by atoms with Crippen LogP contribution in [0.2, 0.25) is 0 Å². The molecule has 0 rings (SSSR count). The van der Waals surface area contributed by atoms with Crippen molar-refractivity contribution < 1.29 is 19.1 Å². The van der Waals surface area contributed by atoms with Crippen molar-refractivity contribution in [2.24, 2.45) is 11.8 Å². The number of carbonyl (C=O) groups is 2. The van der Waals surface area contributed by atoms with Crippen molar-refractivity contribution in [3.05, 3.63) is 0 Å². The van der Waals surface area contributed by atoms with E-state index >= 15 is 0 Å². The molecule has 0 spiro atoms. The van der Waals surface area contributed by atoms with E-state index in [0.29, 0.717) is 38.2 Å². The first-order chi connectivity index (χ1) is 12.6. The van der Waals surface area contributed by atoms with Gasteiger partial charge in [-0.2, -0.15) is 0 Å². The van der Waals surface area contributed by atoms with E-state index in [1.54, 1.807) is 21.6 Å². The summed E-state index contributed by atoms with van der Waals surface area (Å²) in [6, 6.07) is 0. The molecular formula is C19H34N2O4S2. The Morgan fingerprint density at radius 1 is 1.07 bits per heavy atom. The Balaban J connectivity index is 3.60. The summed E-state index contributed by atoms with van der Waals surface area (Å²) in [6.45, 7) is 13.7. The number of hydrogen-bond donors (Lipinski definition) is 2. The standard InChI is InChI=1S/C19H34N2O4S2/c1-15(2)8-7-9-20-17(22)12-24-10-11-25-14-26-27-19(5,6)13-21-18(23)16(3)4/h15-16H,9-14H2,1-6H3,(H,20,22)(H,21,23). The van der Waals surface area contributed by atoms with Crippen LogP contribution in [0.1, 0.15) is 41.5 Å². The Morgan fingerprint density at radius 2 is 1.74 bits per heavy atom. The summed E-state index contributed by atoms with van der Waals surface area (Å²) in [4.78, 5) is 23.1. The van der Waals surface area contributed by atoms with Gasteiger partial charge in [0, 0.05) is 23.1 Å². The summed E-state index contributed by atoms with van der Waals surface area (Å²) in [5, 5.41) is 5.62. The Labute approximate surface area is 172 Å². The lowest BCUT2D eigenvalue weighted by molar-refractivity contribution is -0.126. The molecular weight excluding hydrogens is 384 g/mol. The normalized spacial score (nSPS) is 11.3. The molecule has 2 amide bonds. The number of carbonyl (C=O) groups excluding carboxylic acids is 2. The maximum absolute atomic E-state index is 11.6. The van der Waals surface area contributed by atoms with Crippen LogP contribution in [0.4, 0.5) is 0 Å². The molecule has 0 saturated carbocycles. The number of amides is 2. The highest BCUT2D eigenvalue weighted by Crippen LogP contribution is 2.35. The minimum atomic E-state index is -0.178. The van der Waals surface area contributed by atoms with Crippen molar-refractivity contribution in [1.82, 2.24) is 10.6 Å². The van der Waals surface area contributed by atoms with Gasteiger partial charge in [0.25, 0.3) is 0 Å². The van der Waals surface area contributed by atoms with Crippen LogP contribution in [-0.2, 0) is 19.1 Å². The van der Waals surface area contributed by atoms with E-state index in [4.69, 9.17) is 9.47 Å². The molecule has 0 saturated heterocycles. The number of ether oxygens (including phenoxy) is 2. The molecule has 0 atom stereocenters. The third-order valence-electron chi connectivity index (χ3n) is 3.00. The molecule has 6 nitrogen and oxygen atoms in total. The Hall–Kier alpha value is -0.880. The zero-order chi connectivity index (χ0) is 20.7. The van der Waals surface area contributed by atoms with E-state index in [-0.39, 0.29) is 29.1 Å². The number of rotatable bonds is 13. The first-order valence-electron chi connectivity index (χ1n) is 9.13. The van der Waals surface area contributed by atoms with Gasteiger partial charge >= 0.3 is 0 Å². The summed E-state index contributed by atoms with van der Waals surface area (Å²) in [7, 11) is 3.27. The van der Waals surface area contributed by atoms with Crippen molar-refractivity contribution in [2.45, 2.75) is 46.3 Å². The van der Waals surface area contributed by atoms with E-state index in [1.165, 1.54) is 0 Å². The largest absolute Gasteiger partial charge is 0.369 e. The van der Waals surface area contributed by atoms with Gasteiger partial charge in [0.2, 0.25) is 11.8 Å². The number of hydrogen-bond acceptors (Lipinski definition) is 6. The van der Waals surface area contributed by atoms with E-state index in [2.05, 4.69) is 36.3 Å². The zero-order valence-electron chi connectivity index (χ0n) is 17.3. The summed E-state index contributed by atoms with van der Waals surface area (Å²) < 4.78 is 10.7. The predicted octanol–water partition coefficient (Wildman–Crippen LogP) is 2.68. The molecule has 0 aromatic heterocycles. The van der Waals surface area contributed by atoms with Crippen molar-refractivity contribution in [3.63, 3.8) is 0 Å². The SMILES string of the molecule is CC(C)C#CCNC(=O)COCCOCSSC(C)(C)CNC(=O)C(C)C. The van der Waals surface area contributed by atoms with E-state index in [9.17, 15) is 9.59 Å². The topological polar surface area (TPSA) is 76.7 Å². The molecule has 156 valence electrons. The monoisotopic (exact) mass is 418 g/mol. The van der Waals surface area contributed by atoms with Gasteiger partial charge in [-0.05, 0) is 13.8 Å². The van der Waals surface area contributed by atoms with E-state index < -0.39 is 0 Å². The summed E-state index contributed by atoms with van der Waals surface area (Å²) in [6.07, 6.45) is 0. The fourth-order valence-corrected chi connectivity index (χ4v) is 3.71. The highest BCUT2D eigenvalue weighted by atomic mass is 33.1. The molecule has 0 fully saturated rings. The Kier molecular flexibility index (Phi) is 14.6. The second-order valence-corrected chi connectivity index (χ2v) is 10.1. The smallest absolute Gasteiger partial charge is 0.246 e. The van der Waals surface area contributed by atoms with Gasteiger partial charge in [-0.3, -0.25) is 9.59 Å². The van der Waals surface area contributed by atoms with Crippen LogP contribution in [0.25, 0.3) is 0 Å². The minimum Gasteiger partial charge on any atom is -0.369 e. The van der Waals surface area contributed by atoms with Gasteiger partial charge in [-0.25, -0.2) is 0 Å². The predicted molar refractivity (Wildman–Crippen MR) is 114 cm³/mol. The molecule has 2 N–H and O–H groups in total. The lowest BCUT2D eigenvalue weighted by Gasteiger charge is -2.24. The molecule has 8 heteroatoms. The molecule has 0 unspecified atom stereocenters. The highest BCUT2D eigenvalue weighted by Gasteiger charge is 2.20. The average molecular weight is 419 g/mol. The van der Waals surface area contributed by atoms with Crippen LogP contribution in [0.3, 0.4) is 0 Å². The van der Waals surface area contributed by atoms with Crippen molar-refractivity contribution in [1.29, 1.82) is 0 Å². The van der Waals surface area contributed by atoms with E-state index in [1.807, 2.05) is 27.7 Å². The van der Waals surface area contributed by atoms with Crippen LogP contribution in [0.5, 0.6) is 0 Å². The second-order valence-electron chi connectivity index (χ2n) is 7.16. The molecule has 0 radical (unpaired) electrons.